The van der Waals surface area contributed by atoms with Crippen molar-refractivity contribution in [1.82, 2.24) is 9.55 Å². The molecule has 1 aliphatic heterocycles. The number of imidazole rings is 1. The summed E-state index contributed by atoms with van der Waals surface area (Å²) in [6.07, 6.45) is 4.78. The van der Waals surface area contributed by atoms with E-state index in [2.05, 4.69) is 52.8 Å². The zero-order valence-corrected chi connectivity index (χ0v) is 13.1. The Kier molecular flexibility index (Phi) is 3.50. The molecule has 0 saturated carbocycles. The zero-order valence-electron chi connectivity index (χ0n) is 13.1. The SMILES string of the molecule is Cn1ccnc1CNc1cccc(-c2ccc3c(c2)CCO3)c1. The minimum atomic E-state index is 0.713. The fraction of sp³-hybridized carbons (Fsp3) is 0.211. The summed E-state index contributed by atoms with van der Waals surface area (Å²) in [5.41, 5.74) is 4.84. The van der Waals surface area contributed by atoms with E-state index in [9.17, 15) is 0 Å². The second kappa shape index (κ2) is 5.80. The number of fused-ring (bicyclic) bond motifs is 1. The summed E-state index contributed by atoms with van der Waals surface area (Å²) in [6.45, 7) is 1.51. The molecule has 0 amide bonds. The lowest BCUT2D eigenvalue weighted by molar-refractivity contribution is 0.357. The summed E-state index contributed by atoms with van der Waals surface area (Å²) in [6, 6.07) is 14.9. The van der Waals surface area contributed by atoms with Gasteiger partial charge in [0.05, 0.1) is 13.2 Å². The molecule has 0 bridgehead atoms. The number of nitrogens with zero attached hydrogens (tertiary/aromatic N) is 2. The molecule has 1 aliphatic rings. The first-order chi connectivity index (χ1) is 11.3. The van der Waals surface area contributed by atoms with Crippen molar-refractivity contribution in [2.24, 2.45) is 7.05 Å². The van der Waals surface area contributed by atoms with E-state index in [0.29, 0.717) is 6.54 Å². The fourth-order valence-corrected chi connectivity index (χ4v) is 2.92. The van der Waals surface area contributed by atoms with E-state index in [-0.39, 0.29) is 0 Å². The second-order valence-electron chi connectivity index (χ2n) is 5.81. The number of nitrogens with one attached hydrogen (secondary N) is 1. The first-order valence-corrected chi connectivity index (χ1v) is 7.86. The van der Waals surface area contributed by atoms with E-state index in [1.165, 1.54) is 16.7 Å². The van der Waals surface area contributed by atoms with Gasteiger partial charge in [-0.05, 0) is 41.0 Å². The van der Waals surface area contributed by atoms with Gasteiger partial charge in [0.15, 0.2) is 0 Å². The number of benzene rings is 2. The molecule has 1 N–H and O–H groups in total. The van der Waals surface area contributed by atoms with Gasteiger partial charge < -0.3 is 14.6 Å². The number of aryl methyl sites for hydroxylation is 1. The van der Waals surface area contributed by atoms with Crippen molar-refractivity contribution in [1.29, 1.82) is 0 Å². The highest BCUT2D eigenvalue weighted by molar-refractivity contribution is 5.70. The molecule has 0 radical (unpaired) electrons. The highest BCUT2D eigenvalue weighted by Gasteiger charge is 2.12. The van der Waals surface area contributed by atoms with Gasteiger partial charge in [-0.2, -0.15) is 0 Å². The van der Waals surface area contributed by atoms with E-state index in [4.69, 9.17) is 4.74 Å². The van der Waals surface area contributed by atoms with Gasteiger partial charge in [-0.3, -0.25) is 0 Å². The predicted molar refractivity (Wildman–Crippen MR) is 91.6 cm³/mol. The Hall–Kier alpha value is -2.75. The normalized spacial score (nSPS) is 12.7. The quantitative estimate of drug-likeness (QED) is 0.800. The highest BCUT2D eigenvalue weighted by atomic mass is 16.5. The lowest BCUT2D eigenvalue weighted by Gasteiger charge is -2.09. The molecule has 2 heterocycles. The van der Waals surface area contributed by atoms with Gasteiger partial charge in [0.1, 0.15) is 11.6 Å². The number of rotatable bonds is 4. The summed E-state index contributed by atoms with van der Waals surface area (Å²) >= 11 is 0. The highest BCUT2D eigenvalue weighted by Crippen LogP contribution is 2.31. The average Bonchev–Trinajstić information content (AvgIpc) is 3.21. The second-order valence-corrected chi connectivity index (χ2v) is 5.81. The number of ether oxygens (including phenoxy) is 1. The van der Waals surface area contributed by atoms with Crippen molar-refractivity contribution >= 4 is 5.69 Å². The fourth-order valence-electron chi connectivity index (χ4n) is 2.92. The van der Waals surface area contributed by atoms with Crippen LogP contribution in [0.25, 0.3) is 11.1 Å². The van der Waals surface area contributed by atoms with Crippen molar-refractivity contribution in [3.8, 4) is 16.9 Å². The maximum absolute atomic E-state index is 5.58. The number of anilines is 1. The van der Waals surface area contributed by atoms with Crippen LogP contribution in [0.2, 0.25) is 0 Å². The zero-order chi connectivity index (χ0) is 15.6. The molecule has 23 heavy (non-hydrogen) atoms. The molecule has 0 unspecified atom stereocenters. The van der Waals surface area contributed by atoms with Crippen LogP contribution in [0, 0.1) is 0 Å². The van der Waals surface area contributed by atoms with E-state index in [1.54, 1.807) is 0 Å². The van der Waals surface area contributed by atoms with Gasteiger partial charge in [0.25, 0.3) is 0 Å². The third-order valence-corrected chi connectivity index (χ3v) is 4.26. The molecule has 4 rings (SSSR count). The molecule has 0 atom stereocenters. The van der Waals surface area contributed by atoms with Crippen LogP contribution in [0.1, 0.15) is 11.4 Å². The standard InChI is InChI=1S/C19H19N3O/c1-22-9-8-20-19(22)13-21-17-4-2-3-14(12-17)15-5-6-18-16(11-15)7-10-23-18/h2-6,8-9,11-12,21H,7,10,13H2,1H3. The Labute approximate surface area is 135 Å². The minimum Gasteiger partial charge on any atom is -0.493 e. The van der Waals surface area contributed by atoms with Crippen LogP contribution in [-0.2, 0) is 20.0 Å². The monoisotopic (exact) mass is 305 g/mol. The van der Waals surface area contributed by atoms with Gasteiger partial charge in [-0.15, -0.1) is 0 Å². The van der Waals surface area contributed by atoms with E-state index in [0.717, 1.165) is 30.3 Å². The van der Waals surface area contributed by atoms with Gasteiger partial charge in [0.2, 0.25) is 0 Å². The molecule has 2 aromatic carbocycles. The molecule has 4 heteroatoms. The van der Waals surface area contributed by atoms with Crippen LogP contribution in [-0.4, -0.2) is 16.2 Å². The Morgan fingerprint density at radius 1 is 1.17 bits per heavy atom. The molecule has 116 valence electrons. The van der Waals surface area contributed by atoms with E-state index >= 15 is 0 Å². The number of aromatic nitrogens is 2. The van der Waals surface area contributed by atoms with E-state index < -0.39 is 0 Å². The average molecular weight is 305 g/mol. The maximum Gasteiger partial charge on any atom is 0.127 e. The summed E-state index contributed by atoms with van der Waals surface area (Å²) in [5.74, 6) is 2.04. The lowest BCUT2D eigenvalue weighted by atomic mass is 10.0. The van der Waals surface area contributed by atoms with E-state index in [1.807, 2.05) is 24.0 Å². The first-order valence-electron chi connectivity index (χ1n) is 7.86. The Morgan fingerprint density at radius 3 is 2.96 bits per heavy atom. The maximum atomic E-state index is 5.58. The molecular formula is C19H19N3O. The molecule has 1 aromatic heterocycles. The summed E-state index contributed by atoms with van der Waals surface area (Å²) in [4.78, 5) is 4.34. The van der Waals surface area contributed by atoms with Crippen molar-refractivity contribution in [2.75, 3.05) is 11.9 Å². The summed E-state index contributed by atoms with van der Waals surface area (Å²) in [7, 11) is 2.01. The van der Waals surface area contributed by atoms with Crippen LogP contribution < -0.4 is 10.1 Å². The molecule has 3 aromatic rings. The minimum absolute atomic E-state index is 0.713. The van der Waals surface area contributed by atoms with Crippen LogP contribution in [0.15, 0.2) is 54.9 Å². The Balaban J connectivity index is 1.55. The van der Waals surface area contributed by atoms with Crippen molar-refractivity contribution < 1.29 is 4.74 Å². The third kappa shape index (κ3) is 2.80. The van der Waals surface area contributed by atoms with Gasteiger partial charge in [0, 0.05) is 31.5 Å². The topological polar surface area (TPSA) is 39.1 Å². The van der Waals surface area contributed by atoms with Gasteiger partial charge in [-0.25, -0.2) is 4.98 Å². The molecule has 0 fully saturated rings. The molecule has 4 nitrogen and oxygen atoms in total. The van der Waals surface area contributed by atoms with Crippen LogP contribution >= 0.6 is 0 Å². The molecule has 0 aliphatic carbocycles. The summed E-state index contributed by atoms with van der Waals surface area (Å²) < 4.78 is 7.61. The molecule has 0 spiro atoms. The smallest absolute Gasteiger partial charge is 0.127 e. The Morgan fingerprint density at radius 2 is 2.09 bits per heavy atom. The number of hydrogen-bond donors (Lipinski definition) is 1. The van der Waals surface area contributed by atoms with Gasteiger partial charge >= 0.3 is 0 Å². The first kappa shape index (κ1) is 13.9. The lowest BCUT2D eigenvalue weighted by Crippen LogP contribution is -2.05. The Bertz CT molecular complexity index is 838. The van der Waals surface area contributed by atoms with Crippen molar-refractivity contribution in [3.05, 3.63) is 66.2 Å². The van der Waals surface area contributed by atoms with Crippen LogP contribution in [0.3, 0.4) is 0 Å². The third-order valence-electron chi connectivity index (χ3n) is 4.26. The number of hydrogen-bond acceptors (Lipinski definition) is 3. The predicted octanol–water partition coefficient (Wildman–Crippen LogP) is 3.63. The van der Waals surface area contributed by atoms with Crippen molar-refractivity contribution in [3.63, 3.8) is 0 Å². The largest absolute Gasteiger partial charge is 0.493 e. The summed E-state index contributed by atoms with van der Waals surface area (Å²) in [5, 5.41) is 3.44. The van der Waals surface area contributed by atoms with Gasteiger partial charge in [-0.1, -0.05) is 18.2 Å². The van der Waals surface area contributed by atoms with Crippen LogP contribution in [0.4, 0.5) is 5.69 Å². The van der Waals surface area contributed by atoms with Crippen LogP contribution in [0.5, 0.6) is 5.75 Å². The molecule has 0 saturated heterocycles. The van der Waals surface area contributed by atoms with Crippen molar-refractivity contribution in [2.45, 2.75) is 13.0 Å². The molecular weight excluding hydrogens is 286 g/mol.